The van der Waals surface area contributed by atoms with Crippen molar-refractivity contribution in [2.75, 3.05) is 18.2 Å². The molecule has 21 heavy (non-hydrogen) atoms. The number of para-hydroxylation sites is 1. The largest absolute Gasteiger partial charge is 0.465 e. The molecule has 6 heteroatoms. The van der Waals surface area contributed by atoms with Crippen LogP contribution in [0, 0.1) is 17.1 Å². The average Bonchev–Trinajstić information content (AvgIpc) is 2.50. The van der Waals surface area contributed by atoms with Gasteiger partial charge in [0.15, 0.2) is 0 Å². The molecule has 2 aromatic carbocycles. The second-order valence-electron chi connectivity index (χ2n) is 4.19. The first-order chi connectivity index (χ1) is 10.1. The predicted octanol–water partition coefficient (Wildman–Crippen LogP) is 2.81. The SMILES string of the molecule is COC(=O)c1cccc(Nc2ccc(F)cc2C#N)c1N. The molecule has 0 saturated carbocycles. The number of nitrogens with zero attached hydrogens (tertiary/aromatic N) is 1. The lowest BCUT2D eigenvalue weighted by molar-refractivity contribution is 0.0602. The van der Waals surface area contributed by atoms with Crippen molar-refractivity contribution in [2.24, 2.45) is 0 Å². The first-order valence-electron chi connectivity index (χ1n) is 6.00. The third-order valence-electron chi connectivity index (χ3n) is 2.88. The van der Waals surface area contributed by atoms with Gasteiger partial charge in [0.2, 0.25) is 0 Å². The summed E-state index contributed by atoms with van der Waals surface area (Å²) in [6, 6.07) is 10.5. The Balaban J connectivity index is 2.41. The molecule has 0 aliphatic rings. The van der Waals surface area contributed by atoms with Crippen molar-refractivity contribution < 1.29 is 13.9 Å². The van der Waals surface area contributed by atoms with Crippen LogP contribution in [0.3, 0.4) is 0 Å². The molecular formula is C15H12FN3O2. The summed E-state index contributed by atoms with van der Waals surface area (Å²) in [6.45, 7) is 0. The molecule has 5 nitrogen and oxygen atoms in total. The van der Waals surface area contributed by atoms with Gasteiger partial charge in [-0.1, -0.05) is 6.07 Å². The highest BCUT2D eigenvalue weighted by Gasteiger charge is 2.13. The zero-order chi connectivity index (χ0) is 15.4. The number of anilines is 3. The number of nitrogen functional groups attached to an aromatic ring is 1. The molecule has 0 aliphatic carbocycles. The van der Waals surface area contributed by atoms with Gasteiger partial charge in [0, 0.05) is 0 Å². The zero-order valence-corrected chi connectivity index (χ0v) is 11.2. The van der Waals surface area contributed by atoms with Crippen LogP contribution in [0.4, 0.5) is 21.5 Å². The Bertz CT molecular complexity index is 738. The molecule has 2 aromatic rings. The Kier molecular flexibility index (Phi) is 4.05. The fraction of sp³-hybridized carbons (Fsp3) is 0.0667. The van der Waals surface area contributed by atoms with Crippen molar-refractivity contribution >= 4 is 23.0 Å². The lowest BCUT2D eigenvalue weighted by atomic mass is 10.1. The summed E-state index contributed by atoms with van der Waals surface area (Å²) in [7, 11) is 1.26. The predicted molar refractivity (Wildman–Crippen MR) is 76.6 cm³/mol. The fourth-order valence-corrected chi connectivity index (χ4v) is 1.83. The summed E-state index contributed by atoms with van der Waals surface area (Å²) in [6.07, 6.45) is 0. The molecule has 0 radical (unpaired) electrons. The lowest BCUT2D eigenvalue weighted by Gasteiger charge is -2.13. The van der Waals surface area contributed by atoms with Crippen molar-refractivity contribution in [2.45, 2.75) is 0 Å². The number of benzene rings is 2. The molecule has 3 N–H and O–H groups in total. The molecule has 0 aliphatic heterocycles. The van der Waals surface area contributed by atoms with E-state index >= 15 is 0 Å². The van der Waals surface area contributed by atoms with Gasteiger partial charge in [0.1, 0.15) is 11.9 Å². The van der Waals surface area contributed by atoms with Crippen LogP contribution in [0.15, 0.2) is 36.4 Å². The van der Waals surface area contributed by atoms with Crippen molar-refractivity contribution in [3.8, 4) is 6.07 Å². The molecule has 0 spiro atoms. The Labute approximate surface area is 120 Å². The van der Waals surface area contributed by atoms with E-state index in [1.165, 1.54) is 25.3 Å². The molecule has 0 fully saturated rings. The number of esters is 1. The summed E-state index contributed by atoms with van der Waals surface area (Å²) in [4.78, 5) is 11.6. The molecule has 0 amide bonds. The second kappa shape index (κ2) is 5.92. The van der Waals surface area contributed by atoms with E-state index in [0.717, 1.165) is 6.07 Å². The second-order valence-corrected chi connectivity index (χ2v) is 4.19. The minimum Gasteiger partial charge on any atom is -0.465 e. The number of hydrogen-bond donors (Lipinski definition) is 2. The summed E-state index contributed by atoms with van der Waals surface area (Å²) < 4.78 is 17.7. The highest BCUT2D eigenvalue weighted by Crippen LogP contribution is 2.28. The van der Waals surface area contributed by atoms with Crippen molar-refractivity contribution in [1.82, 2.24) is 0 Å². The summed E-state index contributed by atoms with van der Waals surface area (Å²) >= 11 is 0. The Hall–Kier alpha value is -3.07. The van der Waals surface area contributed by atoms with Gasteiger partial charge in [-0.05, 0) is 30.3 Å². The van der Waals surface area contributed by atoms with Crippen molar-refractivity contribution in [1.29, 1.82) is 5.26 Å². The highest BCUT2D eigenvalue weighted by atomic mass is 19.1. The maximum absolute atomic E-state index is 13.1. The number of nitrogens with one attached hydrogen (secondary N) is 1. The van der Waals surface area contributed by atoms with Crippen molar-refractivity contribution in [3.05, 3.63) is 53.3 Å². The minimum absolute atomic E-state index is 0.137. The monoisotopic (exact) mass is 285 g/mol. The molecule has 0 unspecified atom stereocenters. The lowest BCUT2D eigenvalue weighted by Crippen LogP contribution is -2.08. The van der Waals surface area contributed by atoms with E-state index < -0.39 is 11.8 Å². The smallest absolute Gasteiger partial charge is 0.340 e. The van der Waals surface area contributed by atoms with Gasteiger partial charge in [-0.25, -0.2) is 9.18 Å². The highest BCUT2D eigenvalue weighted by molar-refractivity contribution is 5.98. The maximum Gasteiger partial charge on any atom is 0.340 e. The van der Waals surface area contributed by atoms with E-state index in [-0.39, 0.29) is 16.8 Å². The van der Waals surface area contributed by atoms with E-state index in [4.69, 9.17) is 11.0 Å². The van der Waals surface area contributed by atoms with E-state index in [0.29, 0.717) is 11.4 Å². The van der Waals surface area contributed by atoms with E-state index in [2.05, 4.69) is 10.1 Å². The molecule has 0 atom stereocenters. The summed E-state index contributed by atoms with van der Waals surface area (Å²) in [5.74, 6) is -1.07. The number of carbonyl (C=O) groups excluding carboxylic acids is 1. The van der Waals surface area contributed by atoms with Gasteiger partial charge in [0.25, 0.3) is 0 Å². The van der Waals surface area contributed by atoms with Crippen molar-refractivity contribution in [3.63, 3.8) is 0 Å². The van der Waals surface area contributed by atoms with Gasteiger partial charge in [0.05, 0.1) is 35.3 Å². The number of rotatable bonds is 3. The third-order valence-corrected chi connectivity index (χ3v) is 2.88. The topological polar surface area (TPSA) is 88.1 Å². The maximum atomic E-state index is 13.1. The quantitative estimate of drug-likeness (QED) is 0.668. The normalized spacial score (nSPS) is 9.76. The van der Waals surface area contributed by atoms with Gasteiger partial charge < -0.3 is 15.8 Å². The minimum atomic E-state index is -0.559. The van der Waals surface area contributed by atoms with Crippen LogP contribution in [0.25, 0.3) is 0 Å². The van der Waals surface area contributed by atoms with Crippen LogP contribution in [-0.2, 0) is 4.74 Å². The number of nitrogens with two attached hydrogens (primary N) is 1. The van der Waals surface area contributed by atoms with Crippen LogP contribution in [0.2, 0.25) is 0 Å². The Morgan fingerprint density at radius 1 is 1.33 bits per heavy atom. The Morgan fingerprint density at radius 2 is 2.10 bits per heavy atom. The first kappa shape index (κ1) is 14.3. The number of ether oxygens (including phenoxy) is 1. The van der Waals surface area contributed by atoms with Gasteiger partial charge >= 0.3 is 5.97 Å². The fourth-order valence-electron chi connectivity index (χ4n) is 1.83. The van der Waals surface area contributed by atoms with Gasteiger partial charge in [-0.2, -0.15) is 5.26 Å². The molecule has 2 rings (SSSR count). The van der Waals surface area contributed by atoms with Crippen LogP contribution < -0.4 is 11.1 Å². The van der Waals surface area contributed by atoms with E-state index in [1.807, 2.05) is 6.07 Å². The van der Waals surface area contributed by atoms with E-state index in [1.54, 1.807) is 12.1 Å². The van der Waals surface area contributed by atoms with Gasteiger partial charge in [-0.3, -0.25) is 0 Å². The molecule has 0 aromatic heterocycles. The number of nitriles is 1. The molecule has 0 saturated heterocycles. The summed E-state index contributed by atoms with van der Waals surface area (Å²) in [5.41, 5.74) is 7.28. The van der Waals surface area contributed by atoms with Gasteiger partial charge in [-0.15, -0.1) is 0 Å². The van der Waals surface area contributed by atoms with Crippen LogP contribution >= 0.6 is 0 Å². The number of hydrogen-bond acceptors (Lipinski definition) is 5. The number of carbonyl (C=O) groups is 1. The van der Waals surface area contributed by atoms with Crippen LogP contribution in [0.1, 0.15) is 15.9 Å². The standard InChI is InChI=1S/C15H12FN3O2/c1-21-15(20)11-3-2-4-13(14(11)18)19-12-6-5-10(16)7-9(12)8-17/h2-7,19H,18H2,1H3. The number of methoxy groups -OCH3 is 1. The molecule has 0 bridgehead atoms. The molecule has 0 heterocycles. The zero-order valence-electron chi connectivity index (χ0n) is 11.2. The van der Waals surface area contributed by atoms with E-state index in [9.17, 15) is 9.18 Å². The van der Waals surface area contributed by atoms with Crippen LogP contribution in [0.5, 0.6) is 0 Å². The average molecular weight is 285 g/mol. The Morgan fingerprint density at radius 3 is 2.76 bits per heavy atom. The molecular weight excluding hydrogens is 273 g/mol. The summed E-state index contributed by atoms with van der Waals surface area (Å²) in [5, 5.41) is 11.9. The van der Waals surface area contributed by atoms with Crippen LogP contribution in [-0.4, -0.2) is 13.1 Å². The third kappa shape index (κ3) is 2.92. The number of halogens is 1. The molecule has 106 valence electrons. The first-order valence-corrected chi connectivity index (χ1v) is 6.00.